The number of rotatable bonds is 5. The predicted molar refractivity (Wildman–Crippen MR) is 81.5 cm³/mol. The summed E-state index contributed by atoms with van der Waals surface area (Å²) in [6.07, 6.45) is 9.24. The van der Waals surface area contributed by atoms with Gasteiger partial charge in [0.25, 0.3) is 0 Å². The summed E-state index contributed by atoms with van der Waals surface area (Å²) in [5, 5.41) is 14.0. The van der Waals surface area contributed by atoms with E-state index in [0.717, 1.165) is 12.8 Å². The highest BCUT2D eigenvalue weighted by molar-refractivity contribution is 8.00. The summed E-state index contributed by atoms with van der Waals surface area (Å²) in [6.45, 7) is 0.655. The third kappa shape index (κ3) is 3.32. The van der Waals surface area contributed by atoms with E-state index in [2.05, 4.69) is 21.5 Å². The van der Waals surface area contributed by atoms with Gasteiger partial charge in [0, 0.05) is 11.3 Å². The summed E-state index contributed by atoms with van der Waals surface area (Å²) in [7, 11) is 0. The number of thioether (sulfide) groups is 1. The van der Waals surface area contributed by atoms with E-state index in [-0.39, 0.29) is 21.4 Å². The first-order valence-corrected chi connectivity index (χ1v) is 8.12. The summed E-state index contributed by atoms with van der Waals surface area (Å²) >= 11 is 7.60. The maximum absolute atomic E-state index is 11.0. The fourth-order valence-electron chi connectivity index (χ4n) is 2.54. The van der Waals surface area contributed by atoms with Crippen molar-refractivity contribution in [3.63, 3.8) is 0 Å². The van der Waals surface area contributed by atoms with Crippen LogP contribution in [0.15, 0.2) is 6.33 Å². The molecular formula is C12H17ClN4O2S. The fourth-order valence-corrected chi connectivity index (χ4v) is 3.66. The summed E-state index contributed by atoms with van der Waals surface area (Å²) in [5.74, 6) is 0.203. The Hall–Kier alpha value is -1.08. The second kappa shape index (κ2) is 6.58. The van der Waals surface area contributed by atoms with E-state index in [4.69, 9.17) is 11.6 Å². The van der Waals surface area contributed by atoms with Crippen LogP contribution in [0.4, 0.5) is 11.5 Å². The Kier molecular flexibility index (Phi) is 5.04. The van der Waals surface area contributed by atoms with Crippen LogP contribution in [-0.4, -0.2) is 32.4 Å². The third-order valence-corrected chi connectivity index (χ3v) is 5.43. The van der Waals surface area contributed by atoms with Gasteiger partial charge in [-0.1, -0.05) is 30.9 Å². The molecule has 1 aliphatic rings. The molecule has 20 heavy (non-hydrogen) atoms. The van der Waals surface area contributed by atoms with Crippen LogP contribution >= 0.6 is 23.4 Å². The van der Waals surface area contributed by atoms with Gasteiger partial charge in [-0.3, -0.25) is 10.1 Å². The SMILES string of the molecule is CSC1(CNc2ncnc(Cl)c2[N+](=O)[O-])CCCCC1. The number of nitrogens with one attached hydrogen (secondary N) is 1. The highest BCUT2D eigenvalue weighted by Gasteiger charge is 2.32. The van der Waals surface area contributed by atoms with Crippen LogP contribution in [0.1, 0.15) is 32.1 Å². The van der Waals surface area contributed by atoms with Crippen molar-refractivity contribution in [2.45, 2.75) is 36.9 Å². The van der Waals surface area contributed by atoms with Gasteiger partial charge in [-0.15, -0.1) is 0 Å². The molecule has 0 aromatic carbocycles. The van der Waals surface area contributed by atoms with Crippen molar-refractivity contribution in [2.75, 3.05) is 18.1 Å². The maximum atomic E-state index is 11.0. The first-order valence-electron chi connectivity index (χ1n) is 6.52. The van der Waals surface area contributed by atoms with E-state index in [1.165, 1.54) is 25.6 Å². The molecule has 8 heteroatoms. The van der Waals surface area contributed by atoms with Crippen molar-refractivity contribution < 1.29 is 4.92 Å². The lowest BCUT2D eigenvalue weighted by atomic mass is 9.88. The van der Waals surface area contributed by atoms with E-state index in [1.54, 1.807) is 0 Å². The van der Waals surface area contributed by atoms with Gasteiger partial charge in [0.15, 0.2) is 0 Å². The Bertz CT molecular complexity index is 494. The Labute approximate surface area is 126 Å². The van der Waals surface area contributed by atoms with Crippen molar-refractivity contribution >= 4 is 34.9 Å². The van der Waals surface area contributed by atoms with Gasteiger partial charge in [0.1, 0.15) is 6.33 Å². The molecule has 0 radical (unpaired) electrons. The van der Waals surface area contributed by atoms with Gasteiger partial charge in [-0.2, -0.15) is 11.8 Å². The van der Waals surface area contributed by atoms with Crippen LogP contribution in [0, 0.1) is 10.1 Å². The van der Waals surface area contributed by atoms with Crippen molar-refractivity contribution in [2.24, 2.45) is 0 Å². The van der Waals surface area contributed by atoms with Crippen molar-refractivity contribution in [1.82, 2.24) is 9.97 Å². The lowest BCUT2D eigenvalue weighted by Crippen LogP contribution is -2.35. The molecule has 6 nitrogen and oxygen atoms in total. The molecule has 1 aromatic rings. The second-order valence-corrected chi connectivity index (χ2v) is 6.55. The number of hydrogen-bond donors (Lipinski definition) is 1. The average molecular weight is 317 g/mol. The number of nitro groups is 1. The summed E-state index contributed by atoms with van der Waals surface area (Å²) in [6, 6.07) is 0. The molecule has 1 aromatic heterocycles. The van der Waals surface area contributed by atoms with Gasteiger partial charge >= 0.3 is 5.69 Å². The van der Waals surface area contributed by atoms with Gasteiger partial charge < -0.3 is 5.32 Å². The van der Waals surface area contributed by atoms with E-state index < -0.39 is 4.92 Å². The molecule has 1 N–H and O–H groups in total. The number of halogens is 1. The number of aromatic nitrogens is 2. The molecule has 1 heterocycles. The Morgan fingerprint density at radius 3 is 2.75 bits per heavy atom. The molecule has 0 unspecified atom stereocenters. The van der Waals surface area contributed by atoms with Crippen LogP contribution < -0.4 is 5.32 Å². The Morgan fingerprint density at radius 1 is 1.45 bits per heavy atom. The molecule has 110 valence electrons. The van der Waals surface area contributed by atoms with Crippen molar-refractivity contribution in [3.8, 4) is 0 Å². The molecule has 1 fully saturated rings. The first kappa shape index (κ1) is 15.3. The minimum absolute atomic E-state index is 0.129. The van der Waals surface area contributed by atoms with Gasteiger partial charge in [-0.25, -0.2) is 9.97 Å². The Morgan fingerprint density at radius 2 is 2.15 bits per heavy atom. The van der Waals surface area contributed by atoms with Crippen molar-refractivity contribution in [1.29, 1.82) is 0 Å². The standard InChI is InChI=1S/C12H17ClN4O2S/c1-20-12(5-3-2-4-6-12)7-14-11-9(17(18)19)10(13)15-8-16-11/h8H,2-7H2,1H3,(H,14,15,16). The molecule has 0 saturated heterocycles. The van der Waals surface area contributed by atoms with E-state index >= 15 is 0 Å². The van der Waals surface area contributed by atoms with Crippen LogP contribution in [0.25, 0.3) is 0 Å². The van der Waals surface area contributed by atoms with Gasteiger partial charge in [-0.05, 0) is 19.1 Å². The molecule has 0 aliphatic heterocycles. The van der Waals surface area contributed by atoms with E-state index in [0.29, 0.717) is 6.54 Å². The molecule has 0 bridgehead atoms. The van der Waals surface area contributed by atoms with Crippen LogP contribution in [0.5, 0.6) is 0 Å². The van der Waals surface area contributed by atoms with Crippen molar-refractivity contribution in [3.05, 3.63) is 21.6 Å². The van der Waals surface area contributed by atoms with E-state index in [9.17, 15) is 10.1 Å². The molecule has 1 saturated carbocycles. The topological polar surface area (TPSA) is 81.0 Å². The zero-order valence-corrected chi connectivity index (χ0v) is 12.8. The zero-order chi connectivity index (χ0) is 14.6. The lowest BCUT2D eigenvalue weighted by Gasteiger charge is -2.35. The minimum atomic E-state index is -0.544. The largest absolute Gasteiger partial charge is 0.363 e. The molecule has 0 spiro atoms. The highest BCUT2D eigenvalue weighted by atomic mass is 35.5. The number of anilines is 1. The molecule has 0 amide bonds. The molecule has 0 atom stereocenters. The van der Waals surface area contributed by atoms with Crippen LogP contribution in [-0.2, 0) is 0 Å². The highest BCUT2D eigenvalue weighted by Crippen LogP contribution is 2.39. The molecule has 2 rings (SSSR count). The quantitative estimate of drug-likeness (QED) is 0.508. The number of nitrogens with zero attached hydrogens (tertiary/aromatic N) is 3. The average Bonchev–Trinajstić information content (AvgIpc) is 2.45. The van der Waals surface area contributed by atoms with Crippen LogP contribution in [0.3, 0.4) is 0 Å². The molecular weight excluding hydrogens is 300 g/mol. The predicted octanol–water partition coefficient (Wildman–Crippen LogP) is 3.52. The smallest absolute Gasteiger partial charge is 0.348 e. The first-order chi connectivity index (χ1) is 9.58. The third-order valence-electron chi connectivity index (χ3n) is 3.74. The monoisotopic (exact) mass is 316 g/mol. The lowest BCUT2D eigenvalue weighted by molar-refractivity contribution is -0.384. The summed E-state index contributed by atoms with van der Waals surface area (Å²) < 4.78 is 0.129. The summed E-state index contributed by atoms with van der Waals surface area (Å²) in [4.78, 5) is 18.1. The van der Waals surface area contributed by atoms with Gasteiger partial charge in [0.05, 0.1) is 4.92 Å². The summed E-state index contributed by atoms with van der Waals surface area (Å²) in [5.41, 5.74) is -0.249. The fraction of sp³-hybridized carbons (Fsp3) is 0.667. The normalized spacial score (nSPS) is 17.7. The van der Waals surface area contributed by atoms with E-state index in [1.807, 2.05) is 11.8 Å². The minimum Gasteiger partial charge on any atom is -0.363 e. The van der Waals surface area contributed by atoms with Crippen LogP contribution in [0.2, 0.25) is 5.15 Å². The molecule has 1 aliphatic carbocycles. The number of hydrogen-bond acceptors (Lipinski definition) is 6. The Balaban J connectivity index is 2.14. The zero-order valence-electron chi connectivity index (χ0n) is 11.3. The second-order valence-electron chi connectivity index (χ2n) is 4.92. The van der Waals surface area contributed by atoms with Gasteiger partial charge in [0.2, 0.25) is 11.0 Å². The maximum Gasteiger partial charge on any atom is 0.348 e.